The second kappa shape index (κ2) is 11.9. The summed E-state index contributed by atoms with van der Waals surface area (Å²) in [5.41, 5.74) is 1.22. The molecule has 9 nitrogen and oxygen atoms in total. The SMILES string of the molecule is CC(C)OC(=O)c1cccc(NC(=O)CSc2nnc([C@H](C)NC(=O)c3ccccc3Cl)n2C)c1. The maximum Gasteiger partial charge on any atom is 0.338 e. The Balaban J connectivity index is 1.57. The van der Waals surface area contributed by atoms with Crippen molar-refractivity contribution in [1.82, 2.24) is 20.1 Å². The zero-order chi connectivity index (χ0) is 25.5. The minimum absolute atomic E-state index is 0.0764. The standard InChI is InChI=1S/C24H26ClN5O4S/c1-14(2)34-23(33)16-8-7-9-17(12-16)27-20(31)13-35-24-29-28-21(30(24)4)15(3)26-22(32)18-10-5-6-11-19(18)25/h5-12,14-15H,13H2,1-4H3,(H,26,32)(H,27,31)/t15-/m0/s1. The maximum atomic E-state index is 12.5. The minimum Gasteiger partial charge on any atom is -0.459 e. The van der Waals surface area contributed by atoms with E-state index < -0.39 is 12.0 Å². The molecule has 35 heavy (non-hydrogen) atoms. The number of benzene rings is 2. The van der Waals surface area contributed by atoms with Gasteiger partial charge in [-0.15, -0.1) is 10.2 Å². The summed E-state index contributed by atoms with van der Waals surface area (Å²) in [7, 11) is 1.76. The largest absolute Gasteiger partial charge is 0.459 e. The molecule has 184 valence electrons. The molecule has 11 heteroatoms. The first-order valence-electron chi connectivity index (χ1n) is 10.8. The van der Waals surface area contributed by atoms with Crippen molar-refractivity contribution in [3.8, 4) is 0 Å². The lowest BCUT2D eigenvalue weighted by Crippen LogP contribution is -2.28. The molecular weight excluding hydrogens is 490 g/mol. The smallest absolute Gasteiger partial charge is 0.338 e. The molecule has 0 spiro atoms. The number of rotatable bonds is 9. The van der Waals surface area contributed by atoms with Gasteiger partial charge in [-0.1, -0.05) is 41.6 Å². The van der Waals surface area contributed by atoms with Gasteiger partial charge < -0.3 is 19.9 Å². The molecule has 0 aliphatic carbocycles. The summed E-state index contributed by atoms with van der Waals surface area (Å²) < 4.78 is 6.91. The third-order valence-corrected chi connectivity index (χ3v) is 6.13. The van der Waals surface area contributed by atoms with Crippen LogP contribution in [0.1, 0.15) is 53.4 Å². The Labute approximate surface area is 212 Å². The summed E-state index contributed by atoms with van der Waals surface area (Å²) >= 11 is 7.30. The van der Waals surface area contributed by atoms with Crippen LogP contribution in [0.3, 0.4) is 0 Å². The second-order valence-corrected chi connectivity index (χ2v) is 9.30. The van der Waals surface area contributed by atoms with Gasteiger partial charge in [-0.25, -0.2) is 4.79 Å². The highest BCUT2D eigenvalue weighted by Crippen LogP contribution is 2.21. The maximum absolute atomic E-state index is 12.5. The summed E-state index contributed by atoms with van der Waals surface area (Å²) in [6.45, 7) is 5.33. The number of esters is 1. The lowest BCUT2D eigenvalue weighted by atomic mass is 10.2. The Morgan fingerprint density at radius 1 is 1.09 bits per heavy atom. The number of carbonyl (C=O) groups excluding carboxylic acids is 3. The van der Waals surface area contributed by atoms with E-state index >= 15 is 0 Å². The highest BCUT2D eigenvalue weighted by Gasteiger charge is 2.20. The van der Waals surface area contributed by atoms with Gasteiger partial charge in [-0.05, 0) is 51.1 Å². The molecule has 0 saturated heterocycles. The monoisotopic (exact) mass is 515 g/mol. The number of carbonyl (C=O) groups is 3. The third-order valence-electron chi connectivity index (χ3n) is 4.78. The molecule has 3 rings (SSSR count). The van der Waals surface area contributed by atoms with Crippen LogP contribution in [0.2, 0.25) is 5.02 Å². The van der Waals surface area contributed by atoms with E-state index in [1.54, 1.807) is 80.9 Å². The average Bonchev–Trinajstić information content (AvgIpc) is 3.18. The fourth-order valence-electron chi connectivity index (χ4n) is 3.15. The minimum atomic E-state index is -0.451. The van der Waals surface area contributed by atoms with Crippen LogP contribution in [0.15, 0.2) is 53.7 Å². The topological polar surface area (TPSA) is 115 Å². The molecule has 1 heterocycles. The van der Waals surface area contributed by atoms with E-state index in [4.69, 9.17) is 16.3 Å². The number of hydrogen-bond acceptors (Lipinski definition) is 7. The Hall–Kier alpha value is -3.37. The molecule has 0 fully saturated rings. The number of ether oxygens (including phenoxy) is 1. The van der Waals surface area contributed by atoms with E-state index in [1.165, 1.54) is 11.8 Å². The quantitative estimate of drug-likeness (QED) is 0.323. The Bertz CT molecular complexity index is 1230. The molecule has 0 aliphatic rings. The van der Waals surface area contributed by atoms with Crippen molar-refractivity contribution < 1.29 is 19.1 Å². The van der Waals surface area contributed by atoms with Gasteiger partial charge >= 0.3 is 5.97 Å². The van der Waals surface area contributed by atoms with E-state index in [9.17, 15) is 14.4 Å². The van der Waals surface area contributed by atoms with Crippen molar-refractivity contribution in [2.24, 2.45) is 7.05 Å². The Morgan fingerprint density at radius 2 is 1.83 bits per heavy atom. The van der Waals surface area contributed by atoms with Gasteiger partial charge in [0.15, 0.2) is 11.0 Å². The highest BCUT2D eigenvalue weighted by atomic mass is 35.5. The van der Waals surface area contributed by atoms with Crippen molar-refractivity contribution in [1.29, 1.82) is 0 Å². The Kier molecular flexibility index (Phi) is 8.89. The van der Waals surface area contributed by atoms with E-state index in [1.807, 2.05) is 0 Å². The zero-order valence-electron chi connectivity index (χ0n) is 19.7. The molecule has 0 unspecified atom stereocenters. The lowest BCUT2D eigenvalue weighted by molar-refractivity contribution is -0.113. The first-order chi connectivity index (χ1) is 16.7. The molecule has 0 aliphatic heterocycles. The van der Waals surface area contributed by atoms with Gasteiger partial charge in [0.1, 0.15) is 0 Å². The summed E-state index contributed by atoms with van der Waals surface area (Å²) in [5, 5.41) is 14.8. The average molecular weight is 516 g/mol. The van der Waals surface area contributed by atoms with Gasteiger partial charge in [0.05, 0.1) is 34.0 Å². The first-order valence-corrected chi connectivity index (χ1v) is 12.2. The molecule has 1 aromatic heterocycles. The first kappa shape index (κ1) is 26.2. The number of anilines is 1. The van der Waals surface area contributed by atoms with Crippen LogP contribution in [-0.4, -0.2) is 44.4 Å². The summed E-state index contributed by atoms with van der Waals surface area (Å²) in [6, 6.07) is 12.9. The number of halogens is 1. The normalized spacial score (nSPS) is 11.7. The third kappa shape index (κ3) is 7.06. The highest BCUT2D eigenvalue weighted by molar-refractivity contribution is 7.99. The number of hydrogen-bond donors (Lipinski definition) is 2. The number of nitrogens with one attached hydrogen (secondary N) is 2. The zero-order valence-corrected chi connectivity index (χ0v) is 21.3. The second-order valence-electron chi connectivity index (χ2n) is 7.95. The molecule has 1 atom stereocenters. The van der Waals surface area contributed by atoms with Crippen LogP contribution >= 0.6 is 23.4 Å². The van der Waals surface area contributed by atoms with E-state index in [-0.39, 0.29) is 23.7 Å². The number of thioether (sulfide) groups is 1. The number of aromatic nitrogens is 3. The summed E-state index contributed by atoms with van der Waals surface area (Å²) in [4.78, 5) is 37.1. The number of nitrogens with zero attached hydrogens (tertiary/aromatic N) is 3. The van der Waals surface area contributed by atoms with E-state index in [0.29, 0.717) is 32.8 Å². The van der Waals surface area contributed by atoms with Crippen molar-refractivity contribution in [3.05, 3.63) is 70.5 Å². The van der Waals surface area contributed by atoms with Crippen LogP contribution in [0.4, 0.5) is 5.69 Å². The van der Waals surface area contributed by atoms with Gasteiger partial charge in [-0.2, -0.15) is 0 Å². The summed E-state index contributed by atoms with van der Waals surface area (Å²) in [5.74, 6) is -0.432. The molecule has 2 aromatic carbocycles. The Morgan fingerprint density at radius 3 is 2.54 bits per heavy atom. The summed E-state index contributed by atoms with van der Waals surface area (Å²) in [6.07, 6.45) is -0.236. The fraction of sp³-hybridized carbons (Fsp3) is 0.292. The van der Waals surface area contributed by atoms with Crippen LogP contribution in [0.5, 0.6) is 0 Å². The fourth-order valence-corrected chi connectivity index (χ4v) is 4.09. The predicted molar refractivity (Wildman–Crippen MR) is 135 cm³/mol. The molecule has 0 saturated carbocycles. The molecule has 3 aromatic rings. The molecule has 2 N–H and O–H groups in total. The van der Waals surface area contributed by atoms with Gasteiger partial charge in [0, 0.05) is 12.7 Å². The van der Waals surface area contributed by atoms with Crippen molar-refractivity contribution in [2.75, 3.05) is 11.1 Å². The van der Waals surface area contributed by atoms with Crippen LogP contribution in [0.25, 0.3) is 0 Å². The molecular formula is C24H26ClN5O4S. The van der Waals surface area contributed by atoms with Crippen LogP contribution in [0, 0.1) is 0 Å². The predicted octanol–water partition coefficient (Wildman–Crippen LogP) is 4.26. The van der Waals surface area contributed by atoms with Crippen LogP contribution < -0.4 is 10.6 Å². The molecule has 0 radical (unpaired) electrons. The van der Waals surface area contributed by atoms with Gasteiger partial charge in [0.2, 0.25) is 5.91 Å². The van der Waals surface area contributed by atoms with E-state index in [2.05, 4.69) is 20.8 Å². The molecule has 2 amide bonds. The van der Waals surface area contributed by atoms with Crippen molar-refractivity contribution in [2.45, 2.75) is 38.1 Å². The molecule has 0 bridgehead atoms. The number of amides is 2. The van der Waals surface area contributed by atoms with Crippen molar-refractivity contribution >= 4 is 46.8 Å². The van der Waals surface area contributed by atoms with Crippen LogP contribution in [-0.2, 0) is 16.6 Å². The van der Waals surface area contributed by atoms with Gasteiger partial charge in [0.25, 0.3) is 5.91 Å². The van der Waals surface area contributed by atoms with E-state index in [0.717, 1.165) is 0 Å². The van der Waals surface area contributed by atoms with Crippen molar-refractivity contribution in [3.63, 3.8) is 0 Å². The van der Waals surface area contributed by atoms with Gasteiger partial charge in [-0.3, -0.25) is 9.59 Å². The lowest BCUT2D eigenvalue weighted by Gasteiger charge is -2.14.